The van der Waals surface area contributed by atoms with Crippen molar-refractivity contribution in [2.45, 2.75) is 19.4 Å². The van der Waals surface area contributed by atoms with E-state index in [9.17, 15) is 4.79 Å². The van der Waals surface area contributed by atoms with Crippen molar-refractivity contribution >= 4 is 23.1 Å². The molecule has 19 heavy (non-hydrogen) atoms. The molecule has 1 atom stereocenters. The number of nitrogens with zero attached hydrogens (tertiary/aromatic N) is 1. The van der Waals surface area contributed by atoms with Crippen molar-refractivity contribution in [1.29, 1.82) is 0 Å². The standard InChI is InChI=1S/C14H16N2O3/c1-10(8-9-17)15-13(18)6-7-14-16-11-4-2-3-5-12(11)19-14/h2-7,10,17H,8-9H2,1H3,(H,15,18)/b7-6+/t10-/m1/s1. The number of benzene rings is 1. The summed E-state index contributed by atoms with van der Waals surface area (Å²) >= 11 is 0. The molecule has 0 saturated carbocycles. The number of amides is 1. The van der Waals surface area contributed by atoms with Crippen LogP contribution in [0, 0.1) is 0 Å². The minimum atomic E-state index is -0.233. The Bertz CT molecular complexity index is 556. The van der Waals surface area contributed by atoms with Gasteiger partial charge in [-0.25, -0.2) is 4.98 Å². The Morgan fingerprint density at radius 3 is 3.05 bits per heavy atom. The van der Waals surface area contributed by atoms with Gasteiger partial charge in [0.2, 0.25) is 11.8 Å². The second kappa shape index (κ2) is 6.15. The van der Waals surface area contributed by atoms with Crippen LogP contribution < -0.4 is 5.32 Å². The van der Waals surface area contributed by atoms with Crippen LogP contribution in [0.2, 0.25) is 0 Å². The van der Waals surface area contributed by atoms with Gasteiger partial charge in [0, 0.05) is 24.8 Å². The summed E-state index contributed by atoms with van der Waals surface area (Å²) in [5.74, 6) is 0.161. The predicted octanol–water partition coefficient (Wildman–Crippen LogP) is 1.73. The molecule has 2 N–H and O–H groups in total. The fourth-order valence-electron chi connectivity index (χ4n) is 1.67. The van der Waals surface area contributed by atoms with Gasteiger partial charge in [-0.05, 0) is 25.5 Å². The molecular weight excluding hydrogens is 244 g/mol. The summed E-state index contributed by atoms with van der Waals surface area (Å²) in [6.45, 7) is 1.89. The predicted molar refractivity (Wildman–Crippen MR) is 72.4 cm³/mol. The van der Waals surface area contributed by atoms with E-state index in [4.69, 9.17) is 9.52 Å². The molecule has 0 aliphatic heterocycles. The summed E-state index contributed by atoms with van der Waals surface area (Å²) in [6.07, 6.45) is 3.43. The van der Waals surface area contributed by atoms with Gasteiger partial charge in [-0.1, -0.05) is 12.1 Å². The van der Waals surface area contributed by atoms with E-state index < -0.39 is 0 Å². The average molecular weight is 260 g/mol. The van der Waals surface area contributed by atoms with Crippen LogP contribution in [-0.4, -0.2) is 28.6 Å². The van der Waals surface area contributed by atoms with E-state index >= 15 is 0 Å². The number of rotatable bonds is 5. The molecule has 5 heteroatoms. The van der Waals surface area contributed by atoms with Crippen LogP contribution in [0.1, 0.15) is 19.2 Å². The maximum absolute atomic E-state index is 11.6. The monoisotopic (exact) mass is 260 g/mol. The van der Waals surface area contributed by atoms with Crippen molar-refractivity contribution in [1.82, 2.24) is 10.3 Å². The second-order valence-corrected chi connectivity index (χ2v) is 4.28. The highest BCUT2D eigenvalue weighted by Gasteiger charge is 2.05. The lowest BCUT2D eigenvalue weighted by Gasteiger charge is -2.09. The van der Waals surface area contributed by atoms with E-state index in [-0.39, 0.29) is 18.6 Å². The fraction of sp³-hybridized carbons (Fsp3) is 0.286. The first-order valence-corrected chi connectivity index (χ1v) is 6.14. The molecule has 1 amide bonds. The number of aliphatic hydroxyl groups excluding tert-OH is 1. The van der Waals surface area contributed by atoms with Gasteiger partial charge in [-0.3, -0.25) is 4.79 Å². The summed E-state index contributed by atoms with van der Waals surface area (Å²) in [5, 5.41) is 11.5. The van der Waals surface area contributed by atoms with Crippen molar-refractivity contribution < 1.29 is 14.3 Å². The van der Waals surface area contributed by atoms with Crippen LogP contribution >= 0.6 is 0 Å². The van der Waals surface area contributed by atoms with E-state index in [2.05, 4.69) is 10.3 Å². The van der Waals surface area contributed by atoms with Gasteiger partial charge in [0.1, 0.15) is 5.52 Å². The Morgan fingerprint density at radius 2 is 2.32 bits per heavy atom. The van der Waals surface area contributed by atoms with Gasteiger partial charge in [0.15, 0.2) is 5.58 Å². The number of para-hydroxylation sites is 2. The fourth-order valence-corrected chi connectivity index (χ4v) is 1.67. The number of nitrogens with one attached hydrogen (secondary N) is 1. The molecule has 0 fully saturated rings. The number of aromatic nitrogens is 1. The molecule has 0 saturated heterocycles. The normalized spacial score (nSPS) is 12.9. The highest BCUT2D eigenvalue weighted by atomic mass is 16.3. The summed E-state index contributed by atoms with van der Waals surface area (Å²) in [6, 6.07) is 7.35. The smallest absolute Gasteiger partial charge is 0.244 e. The lowest BCUT2D eigenvalue weighted by Crippen LogP contribution is -2.31. The Labute approximate surface area is 110 Å². The zero-order chi connectivity index (χ0) is 13.7. The molecule has 0 aliphatic carbocycles. The largest absolute Gasteiger partial charge is 0.437 e. The number of hydrogen-bond donors (Lipinski definition) is 2. The first kappa shape index (κ1) is 13.3. The molecule has 0 aliphatic rings. The van der Waals surface area contributed by atoms with E-state index in [0.717, 1.165) is 5.52 Å². The Morgan fingerprint density at radius 1 is 1.53 bits per heavy atom. The number of fused-ring (bicyclic) bond motifs is 1. The topological polar surface area (TPSA) is 75.4 Å². The Balaban J connectivity index is 1.99. The molecular formula is C14H16N2O3. The van der Waals surface area contributed by atoms with Crippen LogP contribution in [-0.2, 0) is 4.79 Å². The maximum Gasteiger partial charge on any atom is 0.244 e. The van der Waals surface area contributed by atoms with Crippen molar-refractivity contribution in [3.8, 4) is 0 Å². The lowest BCUT2D eigenvalue weighted by atomic mass is 10.2. The molecule has 2 rings (SSSR count). The van der Waals surface area contributed by atoms with Gasteiger partial charge in [0.25, 0.3) is 0 Å². The van der Waals surface area contributed by atoms with Gasteiger partial charge < -0.3 is 14.8 Å². The Hall–Kier alpha value is -2.14. The van der Waals surface area contributed by atoms with E-state index in [1.807, 2.05) is 31.2 Å². The molecule has 0 bridgehead atoms. The van der Waals surface area contributed by atoms with Crippen LogP contribution in [0.5, 0.6) is 0 Å². The third kappa shape index (κ3) is 3.66. The summed E-state index contributed by atoms with van der Waals surface area (Å²) < 4.78 is 5.45. The molecule has 2 aromatic rings. The average Bonchev–Trinajstić information content (AvgIpc) is 2.79. The molecule has 5 nitrogen and oxygen atoms in total. The Kier molecular flexibility index (Phi) is 4.30. The molecule has 0 radical (unpaired) electrons. The van der Waals surface area contributed by atoms with Crippen LogP contribution in [0.15, 0.2) is 34.8 Å². The molecule has 0 spiro atoms. The van der Waals surface area contributed by atoms with E-state index in [1.54, 1.807) is 0 Å². The summed E-state index contributed by atoms with van der Waals surface area (Å²) in [5.41, 5.74) is 1.45. The minimum absolute atomic E-state index is 0.0519. The molecule has 1 aromatic carbocycles. The second-order valence-electron chi connectivity index (χ2n) is 4.28. The van der Waals surface area contributed by atoms with E-state index in [0.29, 0.717) is 17.9 Å². The number of carbonyl (C=O) groups is 1. The maximum atomic E-state index is 11.6. The SMILES string of the molecule is C[C@H](CCO)NC(=O)/C=C/c1nc2ccccc2o1. The molecule has 1 aromatic heterocycles. The van der Waals surface area contributed by atoms with Crippen molar-refractivity contribution in [3.63, 3.8) is 0 Å². The summed E-state index contributed by atoms with van der Waals surface area (Å²) in [7, 11) is 0. The zero-order valence-corrected chi connectivity index (χ0v) is 10.7. The highest BCUT2D eigenvalue weighted by Crippen LogP contribution is 2.15. The van der Waals surface area contributed by atoms with Crippen LogP contribution in [0.4, 0.5) is 0 Å². The van der Waals surface area contributed by atoms with Gasteiger partial charge in [0.05, 0.1) is 0 Å². The van der Waals surface area contributed by atoms with Crippen LogP contribution in [0.25, 0.3) is 17.2 Å². The number of oxazole rings is 1. The number of hydrogen-bond acceptors (Lipinski definition) is 4. The third-order valence-electron chi connectivity index (χ3n) is 2.64. The summed E-state index contributed by atoms with van der Waals surface area (Å²) in [4.78, 5) is 15.8. The quantitative estimate of drug-likeness (QED) is 0.803. The number of carbonyl (C=O) groups excluding carboxylic acids is 1. The number of aliphatic hydroxyl groups is 1. The molecule has 1 heterocycles. The van der Waals surface area contributed by atoms with Gasteiger partial charge in [-0.15, -0.1) is 0 Å². The molecule has 0 unspecified atom stereocenters. The van der Waals surface area contributed by atoms with Crippen molar-refractivity contribution in [3.05, 3.63) is 36.2 Å². The van der Waals surface area contributed by atoms with Gasteiger partial charge in [-0.2, -0.15) is 0 Å². The minimum Gasteiger partial charge on any atom is -0.437 e. The van der Waals surface area contributed by atoms with Crippen molar-refractivity contribution in [2.24, 2.45) is 0 Å². The lowest BCUT2D eigenvalue weighted by molar-refractivity contribution is -0.117. The third-order valence-corrected chi connectivity index (χ3v) is 2.64. The zero-order valence-electron chi connectivity index (χ0n) is 10.7. The first-order chi connectivity index (χ1) is 9.19. The first-order valence-electron chi connectivity index (χ1n) is 6.14. The van der Waals surface area contributed by atoms with Crippen molar-refractivity contribution in [2.75, 3.05) is 6.61 Å². The van der Waals surface area contributed by atoms with Gasteiger partial charge >= 0.3 is 0 Å². The van der Waals surface area contributed by atoms with Crippen LogP contribution in [0.3, 0.4) is 0 Å². The van der Waals surface area contributed by atoms with E-state index in [1.165, 1.54) is 12.2 Å². The molecule has 100 valence electrons. The highest BCUT2D eigenvalue weighted by molar-refractivity contribution is 5.91.